The zero-order chi connectivity index (χ0) is 34.2. The molecular formula is C34H41Cl2N5O6S. The van der Waals surface area contributed by atoms with E-state index < -0.39 is 23.0 Å². The van der Waals surface area contributed by atoms with Gasteiger partial charge in [-0.25, -0.2) is 0 Å². The Kier molecular flexibility index (Phi) is 12.6. The fraction of sp³-hybridized carbons (Fsp3) is 0.500. The van der Waals surface area contributed by atoms with Crippen LogP contribution in [0.25, 0.3) is 0 Å². The van der Waals surface area contributed by atoms with Gasteiger partial charge in [-0.1, -0.05) is 42.3 Å². The standard InChI is InChI=1S/C34H41Cl2N5O6S/c1-2-23(42)21-48-29-18-32(45)41(34(29)46)20-31(44)37-19-22-16-30(43)38-27-17-24(8-9-25(22)27)47-15-4-3-10-39-11-13-40(14-12-39)28-7-5-6-26(35)33(28)36/h5-9,17,22,29H,2-4,10-16,18-21H2,1H3,(H,37,44)(H,38,43). The topological polar surface area (TPSA) is 128 Å². The second-order valence-corrected chi connectivity index (χ2v) is 14.1. The number of piperazine rings is 1. The normalized spacial score (nSPS) is 19.7. The molecule has 3 aliphatic heterocycles. The third kappa shape index (κ3) is 9.22. The molecule has 48 heavy (non-hydrogen) atoms. The number of anilines is 2. The number of nitrogens with one attached hydrogen (secondary N) is 2. The van der Waals surface area contributed by atoms with E-state index in [2.05, 4.69) is 20.4 Å². The molecule has 11 nitrogen and oxygen atoms in total. The third-order valence-electron chi connectivity index (χ3n) is 8.84. The predicted octanol–water partition coefficient (Wildman–Crippen LogP) is 4.36. The molecule has 14 heteroatoms. The summed E-state index contributed by atoms with van der Waals surface area (Å²) in [5.74, 6) is -0.958. The third-order valence-corrected chi connectivity index (χ3v) is 10.9. The summed E-state index contributed by atoms with van der Waals surface area (Å²) >= 11 is 13.7. The average Bonchev–Trinajstić information content (AvgIpc) is 3.34. The molecule has 4 amide bonds. The number of benzene rings is 2. The first kappa shape index (κ1) is 36.0. The van der Waals surface area contributed by atoms with Crippen LogP contribution in [0, 0.1) is 0 Å². The summed E-state index contributed by atoms with van der Waals surface area (Å²) in [7, 11) is 0. The van der Waals surface area contributed by atoms with Gasteiger partial charge in [0, 0.05) is 69.7 Å². The fourth-order valence-electron chi connectivity index (χ4n) is 6.06. The lowest BCUT2D eigenvalue weighted by atomic mass is 9.90. The highest BCUT2D eigenvalue weighted by Crippen LogP contribution is 2.35. The van der Waals surface area contributed by atoms with Gasteiger partial charge in [0.2, 0.25) is 23.6 Å². The van der Waals surface area contributed by atoms with Crippen molar-refractivity contribution >= 4 is 75.8 Å². The van der Waals surface area contributed by atoms with Crippen LogP contribution in [0.15, 0.2) is 36.4 Å². The molecule has 0 spiro atoms. The molecule has 2 atom stereocenters. The molecule has 5 rings (SSSR count). The van der Waals surface area contributed by atoms with Crippen LogP contribution in [0.1, 0.15) is 50.5 Å². The maximum atomic E-state index is 12.7. The summed E-state index contributed by atoms with van der Waals surface area (Å²) in [4.78, 5) is 67.6. The second-order valence-electron chi connectivity index (χ2n) is 12.2. The zero-order valence-corrected chi connectivity index (χ0v) is 29.3. The Labute approximate surface area is 295 Å². The fourth-order valence-corrected chi connectivity index (χ4v) is 7.60. The number of hydrogen-bond donors (Lipinski definition) is 2. The number of halogens is 2. The van der Waals surface area contributed by atoms with Gasteiger partial charge in [-0.2, -0.15) is 0 Å². The van der Waals surface area contributed by atoms with Gasteiger partial charge in [0.1, 0.15) is 18.1 Å². The lowest BCUT2D eigenvalue weighted by Gasteiger charge is -2.36. The number of imide groups is 1. The number of fused-ring (bicyclic) bond motifs is 1. The molecule has 0 saturated carbocycles. The van der Waals surface area contributed by atoms with Gasteiger partial charge in [-0.05, 0) is 43.1 Å². The van der Waals surface area contributed by atoms with Crippen LogP contribution in [0.4, 0.5) is 11.4 Å². The van der Waals surface area contributed by atoms with Gasteiger partial charge < -0.3 is 20.3 Å². The summed E-state index contributed by atoms with van der Waals surface area (Å²) in [6, 6.07) is 11.3. The Morgan fingerprint density at radius 1 is 1.04 bits per heavy atom. The Balaban J connectivity index is 1.03. The van der Waals surface area contributed by atoms with E-state index in [1.165, 1.54) is 0 Å². The van der Waals surface area contributed by atoms with E-state index in [0.717, 1.165) is 73.5 Å². The number of amides is 4. The molecule has 258 valence electrons. The predicted molar refractivity (Wildman–Crippen MR) is 188 cm³/mol. The van der Waals surface area contributed by atoms with Crippen LogP contribution in [0.2, 0.25) is 10.0 Å². The Hall–Kier alpha value is -3.32. The molecule has 0 bridgehead atoms. The van der Waals surface area contributed by atoms with E-state index in [4.69, 9.17) is 27.9 Å². The molecule has 2 aromatic rings. The minimum atomic E-state index is -0.645. The molecule has 2 aromatic carbocycles. The average molecular weight is 719 g/mol. The number of carbonyl (C=O) groups is 5. The molecule has 3 heterocycles. The molecular weight excluding hydrogens is 677 g/mol. The van der Waals surface area contributed by atoms with Crippen molar-refractivity contribution in [1.29, 1.82) is 0 Å². The number of hydrogen-bond acceptors (Lipinski definition) is 9. The van der Waals surface area contributed by atoms with Crippen molar-refractivity contribution in [1.82, 2.24) is 15.1 Å². The van der Waals surface area contributed by atoms with Gasteiger partial charge in [-0.15, -0.1) is 11.8 Å². The van der Waals surface area contributed by atoms with Crippen molar-refractivity contribution in [2.24, 2.45) is 0 Å². The molecule has 2 unspecified atom stereocenters. The summed E-state index contributed by atoms with van der Waals surface area (Å²) in [5.41, 5.74) is 2.51. The highest BCUT2D eigenvalue weighted by atomic mass is 35.5. The lowest BCUT2D eigenvalue weighted by molar-refractivity contribution is -0.142. The first-order chi connectivity index (χ1) is 23.1. The minimum absolute atomic E-state index is 0.00532. The highest BCUT2D eigenvalue weighted by molar-refractivity contribution is 8.01. The van der Waals surface area contributed by atoms with E-state index >= 15 is 0 Å². The molecule has 0 radical (unpaired) electrons. The van der Waals surface area contributed by atoms with Gasteiger partial charge >= 0.3 is 0 Å². The van der Waals surface area contributed by atoms with E-state index in [0.29, 0.717) is 34.5 Å². The van der Waals surface area contributed by atoms with Crippen LogP contribution < -0.4 is 20.3 Å². The number of Topliss-reactive ketones (excluding diaryl/α,β-unsaturated/α-hetero) is 1. The Morgan fingerprint density at radius 3 is 2.60 bits per heavy atom. The second kappa shape index (κ2) is 16.9. The number of carbonyl (C=O) groups excluding carboxylic acids is 5. The van der Waals surface area contributed by atoms with Crippen LogP contribution >= 0.6 is 35.0 Å². The first-order valence-corrected chi connectivity index (χ1v) is 18.2. The zero-order valence-electron chi connectivity index (χ0n) is 27.0. The summed E-state index contributed by atoms with van der Waals surface area (Å²) in [6.07, 6.45) is 2.42. The van der Waals surface area contributed by atoms with Crippen LogP contribution in [-0.2, 0) is 24.0 Å². The molecule has 2 saturated heterocycles. The van der Waals surface area contributed by atoms with Gasteiger partial charge in [0.25, 0.3) is 0 Å². The number of ketones is 1. The van der Waals surface area contributed by atoms with Gasteiger partial charge in [0.05, 0.1) is 33.3 Å². The lowest BCUT2D eigenvalue weighted by Crippen LogP contribution is -2.46. The Bertz CT molecular complexity index is 1540. The van der Waals surface area contributed by atoms with Crippen molar-refractivity contribution < 1.29 is 28.7 Å². The first-order valence-electron chi connectivity index (χ1n) is 16.3. The monoisotopic (exact) mass is 717 g/mol. The van der Waals surface area contributed by atoms with E-state index in [-0.39, 0.29) is 49.3 Å². The SMILES string of the molecule is CCC(=O)CSC1CC(=O)N(CC(=O)NCC2CC(=O)Nc3cc(OCCCCN4CCN(c5cccc(Cl)c5Cl)CC4)ccc32)C1=O. The van der Waals surface area contributed by atoms with Crippen molar-refractivity contribution in [2.75, 3.05) is 68.4 Å². The van der Waals surface area contributed by atoms with E-state index in [9.17, 15) is 24.0 Å². The van der Waals surface area contributed by atoms with Crippen molar-refractivity contribution in [3.8, 4) is 5.75 Å². The number of nitrogens with zero attached hydrogens (tertiary/aromatic N) is 3. The molecule has 0 aromatic heterocycles. The molecule has 3 aliphatic rings. The maximum Gasteiger partial charge on any atom is 0.243 e. The largest absolute Gasteiger partial charge is 0.494 e. The van der Waals surface area contributed by atoms with Crippen LogP contribution in [-0.4, -0.2) is 103 Å². The molecule has 2 N–H and O–H groups in total. The summed E-state index contributed by atoms with van der Waals surface area (Å²) in [5, 5.41) is 6.22. The number of thioether (sulfide) groups is 1. The number of ether oxygens (including phenoxy) is 1. The minimum Gasteiger partial charge on any atom is -0.494 e. The van der Waals surface area contributed by atoms with Crippen molar-refractivity contribution in [2.45, 2.75) is 50.2 Å². The smallest absolute Gasteiger partial charge is 0.243 e. The van der Waals surface area contributed by atoms with Gasteiger partial charge in [0.15, 0.2) is 0 Å². The van der Waals surface area contributed by atoms with Gasteiger partial charge in [-0.3, -0.25) is 33.8 Å². The van der Waals surface area contributed by atoms with E-state index in [1.54, 1.807) is 13.0 Å². The number of likely N-dealkylation sites (tertiary alicyclic amines) is 1. The van der Waals surface area contributed by atoms with Crippen molar-refractivity contribution in [3.63, 3.8) is 0 Å². The number of unbranched alkanes of at least 4 members (excludes halogenated alkanes) is 1. The van der Waals surface area contributed by atoms with Crippen LogP contribution in [0.3, 0.4) is 0 Å². The van der Waals surface area contributed by atoms with Crippen LogP contribution in [0.5, 0.6) is 5.75 Å². The quantitative estimate of drug-likeness (QED) is 0.204. The van der Waals surface area contributed by atoms with Crippen molar-refractivity contribution in [3.05, 3.63) is 52.0 Å². The highest BCUT2D eigenvalue weighted by Gasteiger charge is 2.40. The molecule has 0 aliphatic carbocycles. The summed E-state index contributed by atoms with van der Waals surface area (Å²) < 4.78 is 6.00. The van der Waals surface area contributed by atoms with E-state index in [1.807, 2.05) is 30.3 Å². The summed E-state index contributed by atoms with van der Waals surface area (Å²) in [6.45, 7) is 6.75. The Morgan fingerprint density at radius 2 is 1.83 bits per heavy atom. The molecule has 2 fully saturated rings. The number of rotatable bonds is 15. The maximum absolute atomic E-state index is 12.7.